The number of thioether (sulfide) groups is 1. The standard InChI is InChI=1S/C24H24N4O3S2/c1-3-31-21-9-5-4-8-20(21)25-23(29)16-33-24-27-26-22(15-19-7-6-14-32-19)28(24)17-10-12-18(30-2)13-11-17/h4-14H,3,15-16H2,1-2H3,(H,25,29). The molecule has 0 radical (unpaired) electrons. The second kappa shape index (κ2) is 11.0. The maximum atomic E-state index is 12.7. The molecule has 1 N–H and O–H groups in total. The minimum atomic E-state index is -0.142. The van der Waals surface area contributed by atoms with Crippen LogP contribution in [0.25, 0.3) is 5.69 Å². The minimum absolute atomic E-state index is 0.142. The van der Waals surface area contributed by atoms with E-state index in [2.05, 4.69) is 21.6 Å². The van der Waals surface area contributed by atoms with E-state index in [0.717, 1.165) is 17.3 Å². The van der Waals surface area contributed by atoms with Crippen molar-refractivity contribution in [2.45, 2.75) is 18.5 Å². The Bertz CT molecular complexity index is 1190. The van der Waals surface area contributed by atoms with E-state index >= 15 is 0 Å². The van der Waals surface area contributed by atoms with E-state index in [0.29, 0.717) is 29.6 Å². The van der Waals surface area contributed by atoms with Crippen molar-refractivity contribution in [1.29, 1.82) is 0 Å². The van der Waals surface area contributed by atoms with Crippen LogP contribution in [0.1, 0.15) is 17.6 Å². The Morgan fingerprint density at radius 2 is 1.91 bits per heavy atom. The van der Waals surface area contributed by atoms with Crippen molar-refractivity contribution in [3.8, 4) is 17.2 Å². The lowest BCUT2D eigenvalue weighted by Gasteiger charge is -2.12. The molecule has 0 fully saturated rings. The Labute approximate surface area is 200 Å². The largest absolute Gasteiger partial charge is 0.497 e. The zero-order valence-electron chi connectivity index (χ0n) is 18.4. The molecule has 0 unspecified atom stereocenters. The van der Waals surface area contributed by atoms with Crippen LogP contribution in [0.15, 0.2) is 71.2 Å². The first-order valence-corrected chi connectivity index (χ1v) is 12.3. The number of hydrogen-bond acceptors (Lipinski definition) is 7. The molecular formula is C24H24N4O3S2. The van der Waals surface area contributed by atoms with Crippen LogP contribution >= 0.6 is 23.1 Å². The van der Waals surface area contributed by atoms with Crippen molar-refractivity contribution in [3.63, 3.8) is 0 Å². The van der Waals surface area contributed by atoms with Crippen LogP contribution in [0.3, 0.4) is 0 Å². The normalized spacial score (nSPS) is 10.7. The van der Waals surface area contributed by atoms with Crippen LogP contribution < -0.4 is 14.8 Å². The number of aromatic nitrogens is 3. The molecule has 2 aromatic heterocycles. The molecule has 2 heterocycles. The Morgan fingerprint density at radius 3 is 2.64 bits per heavy atom. The Kier molecular flexibility index (Phi) is 7.64. The Hall–Kier alpha value is -3.30. The average molecular weight is 481 g/mol. The minimum Gasteiger partial charge on any atom is -0.497 e. The molecule has 33 heavy (non-hydrogen) atoms. The van der Waals surface area contributed by atoms with Gasteiger partial charge >= 0.3 is 0 Å². The van der Waals surface area contributed by atoms with Gasteiger partial charge in [-0.3, -0.25) is 9.36 Å². The first kappa shape index (κ1) is 22.9. The fraction of sp³-hybridized carbons (Fsp3) is 0.208. The molecule has 170 valence electrons. The molecule has 0 atom stereocenters. The van der Waals surface area contributed by atoms with Crippen LogP contribution in [0.5, 0.6) is 11.5 Å². The van der Waals surface area contributed by atoms with Gasteiger partial charge in [-0.15, -0.1) is 21.5 Å². The number of carbonyl (C=O) groups is 1. The van der Waals surface area contributed by atoms with E-state index in [1.165, 1.54) is 16.6 Å². The number of rotatable bonds is 10. The highest BCUT2D eigenvalue weighted by molar-refractivity contribution is 7.99. The second-order valence-electron chi connectivity index (χ2n) is 6.95. The summed E-state index contributed by atoms with van der Waals surface area (Å²) in [4.78, 5) is 13.9. The third-order valence-corrected chi connectivity index (χ3v) is 6.54. The third kappa shape index (κ3) is 5.74. The highest BCUT2D eigenvalue weighted by Gasteiger charge is 2.17. The zero-order chi connectivity index (χ0) is 23.0. The molecule has 0 bridgehead atoms. The van der Waals surface area contributed by atoms with Crippen LogP contribution in [0.2, 0.25) is 0 Å². The topological polar surface area (TPSA) is 78.3 Å². The van der Waals surface area contributed by atoms with E-state index < -0.39 is 0 Å². The van der Waals surface area contributed by atoms with Crippen LogP contribution in [-0.4, -0.2) is 40.1 Å². The van der Waals surface area contributed by atoms with Gasteiger partial charge in [0, 0.05) is 17.0 Å². The highest BCUT2D eigenvalue weighted by Crippen LogP contribution is 2.27. The molecule has 0 spiro atoms. The predicted octanol–water partition coefficient (Wildman–Crippen LogP) is 5.06. The van der Waals surface area contributed by atoms with E-state index in [1.54, 1.807) is 18.4 Å². The molecule has 9 heteroatoms. The molecule has 0 saturated heterocycles. The molecule has 0 aliphatic rings. The smallest absolute Gasteiger partial charge is 0.234 e. The highest BCUT2D eigenvalue weighted by atomic mass is 32.2. The number of para-hydroxylation sites is 2. The summed E-state index contributed by atoms with van der Waals surface area (Å²) in [6.45, 7) is 2.44. The summed E-state index contributed by atoms with van der Waals surface area (Å²) < 4.78 is 12.9. The van der Waals surface area contributed by atoms with E-state index in [4.69, 9.17) is 9.47 Å². The van der Waals surface area contributed by atoms with Gasteiger partial charge in [0.1, 0.15) is 17.3 Å². The number of nitrogens with zero attached hydrogens (tertiary/aromatic N) is 3. The summed E-state index contributed by atoms with van der Waals surface area (Å²) in [5, 5.41) is 14.4. The second-order valence-corrected chi connectivity index (χ2v) is 8.93. The van der Waals surface area contributed by atoms with Crippen molar-refractivity contribution in [2.24, 2.45) is 0 Å². The first-order valence-electron chi connectivity index (χ1n) is 10.4. The number of benzene rings is 2. The molecule has 7 nitrogen and oxygen atoms in total. The van der Waals surface area contributed by atoms with Gasteiger partial charge in [-0.2, -0.15) is 0 Å². The molecule has 4 rings (SSSR count). The number of anilines is 1. The lowest BCUT2D eigenvalue weighted by atomic mass is 10.2. The van der Waals surface area contributed by atoms with Gasteiger partial charge in [0.15, 0.2) is 5.16 Å². The molecule has 1 amide bonds. The lowest BCUT2D eigenvalue weighted by molar-refractivity contribution is -0.113. The van der Waals surface area contributed by atoms with E-state index in [1.807, 2.05) is 71.5 Å². The number of amides is 1. The maximum Gasteiger partial charge on any atom is 0.234 e. The molecule has 4 aromatic rings. The summed E-state index contributed by atoms with van der Waals surface area (Å²) in [6, 6.07) is 19.2. The number of methoxy groups -OCH3 is 1. The van der Waals surface area contributed by atoms with Crippen molar-refractivity contribution in [3.05, 3.63) is 76.7 Å². The van der Waals surface area contributed by atoms with Crippen LogP contribution in [0.4, 0.5) is 5.69 Å². The van der Waals surface area contributed by atoms with Crippen molar-refractivity contribution < 1.29 is 14.3 Å². The van der Waals surface area contributed by atoms with E-state index in [9.17, 15) is 4.79 Å². The molecule has 0 aliphatic carbocycles. The van der Waals surface area contributed by atoms with Gasteiger partial charge in [-0.1, -0.05) is 30.0 Å². The van der Waals surface area contributed by atoms with Gasteiger partial charge in [0.2, 0.25) is 5.91 Å². The first-order chi connectivity index (χ1) is 16.2. The summed E-state index contributed by atoms with van der Waals surface area (Å²) >= 11 is 3.02. The number of hydrogen-bond donors (Lipinski definition) is 1. The number of nitrogens with one attached hydrogen (secondary N) is 1. The fourth-order valence-electron chi connectivity index (χ4n) is 3.24. The SMILES string of the molecule is CCOc1ccccc1NC(=O)CSc1nnc(Cc2cccs2)n1-c1ccc(OC)cc1. The third-order valence-electron chi connectivity index (χ3n) is 4.74. The average Bonchev–Trinajstić information content (AvgIpc) is 3.49. The number of ether oxygens (including phenoxy) is 2. The Morgan fingerprint density at radius 1 is 1.09 bits per heavy atom. The monoisotopic (exact) mass is 480 g/mol. The predicted molar refractivity (Wildman–Crippen MR) is 132 cm³/mol. The lowest BCUT2D eigenvalue weighted by Crippen LogP contribution is -2.15. The maximum absolute atomic E-state index is 12.7. The quantitative estimate of drug-likeness (QED) is 0.320. The zero-order valence-corrected chi connectivity index (χ0v) is 20.0. The van der Waals surface area contributed by atoms with Gasteiger partial charge in [0.05, 0.1) is 25.2 Å². The summed E-state index contributed by atoms with van der Waals surface area (Å²) in [7, 11) is 1.64. The summed E-state index contributed by atoms with van der Waals surface area (Å²) in [5.41, 5.74) is 1.57. The number of carbonyl (C=O) groups excluding carboxylic acids is 1. The molecule has 0 saturated carbocycles. The van der Waals surface area contributed by atoms with Gasteiger partial charge in [0.25, 0.3) is 0 Å². The van der Waals surface area contributed by atoms with Gasteiger partial charge in [-0.05, 0) is 54.8 Å². The summed E-state index contributed by atoms with van der Waals surface area (Å²) in [5.74, 6) is 2.28. The van der Waals surface area contributed by atoms with Gasteiger partial charge in [-0.25, -0.2) is 0 Å². The number of thiophene rings is 1. The fourth-order valence-corrected chi connectivity index (χ4v) is 4.71. The van der Waals surface area contributed by atoms with Crippen molar-refractivity contribution in [1.82, 2.24) is 14.8 Å². The van der Waals surface area contributed by atoms with Gasteiger partial charge < -0.3 is 14.8 Å². The van der Waals surface area contributed by atoms with E-state index in [-0.39, 0.29) is 11.7 Å². The molecular weight excluding hydrogens is 456 g/mol. The van der Waals surface area contributed by atoms with Crippen LogP contribution in [0, 0.1) is 0 Å². The van der Waals surface area contributed by atoms with Crippen molar-refractivity contribution >= 4 is 34.7 Å². The Balaban J connectivity index is 1.53. The molecule has 0 aliphatic heterocycles. The molecule has 2 aromatic carbocycles. The van der Waals surface area contributed by atoms with Crippen molar-refractivity contribution in [2.75, 3.05) is 24.8 Å². The van der Waals surface area contributed by atoms with Crippen LogP contribution in [-0.2, 0) is 11.2 Å². The summed E-state index contributed by atoms with van der Waals surface area (Å²) in [6.07, 6.45) is 0.658.